The lowest BCUT2D eigenvalue weighted by Crippen LogP contribution is -2.22. The van der Waals surface area contributed by atoms with E-state index in [0.717, 1.165) is 17.7 Å². The highest BCUT2D eigenvalue weighted by molar-refractivity contribution is 7.98. The fraction of sp³-hybridized carbons (Fsp3) is 0.190. The first kappa shape index (κ1) is 21.5. The number of rotatable bonds is 6. The molecule has 156 valence electrons. The molecule has 6 nitrogen and oxygen atoms in total. The van der Waals surface area contributed by atoms with Gasteiger partial charge in [-0.25, -0.2) is 13.6 Å². The Bertz CT molecular complexity index is 1160. The van der Waals surface area contributed by atoms with Crippen LogP contribution in [0, 0.1) is 18.6 Å². The van der Waals surface area contributed by atoms with E-state index in [0.29, 0.717) is 16.4 Å². The summed E-state index contributed by atoms with van der Waals surface area (Å²) in [6.45, 7) is 1.59. The molecule has 3 rings (SSSR count). The van der Waals surface area contributed by atoms with Crippen molar-refractivity contribution < 1.29 is 23.0 Å². The third-order valence-electron chi connectivity index (χ3n) is 4.31. The van der Waals surface area contributed by atoms with Gasteiger partial charge in [0.15, 0.2) is 5.16 Å². The first-order chi connectivity index (χ1) is 14.3. The number of hydrogen-bond donors (Lipinski definition) is 0. The van der Waals surface area contributed by atoms with Crippen molar-refractivity contribution in [2.75, 3.05) is 13.4 Å². The smallest absolute Gasteiger partial charge is 0.337 e. The van der Waals surface area contributed by atoms with Gasteiger partial charge in [-0.3, -0.25) is 9.36 Å². The molecule has 0 spiro atoms. The van der Waals surface area contributed by atoms with E-state index in [1.54, 1.807) is 31.4 Å². The number of aromatic nitrogens is 2. The molecule has 0 unspecified atom stereocenters. The highest BCUT2D eigenvalue weighted by Crippen LogP contribution is 2.23. The molecule has 0 aliphatic rings. The summed E-state index contributed by atoms with van der Waals surface area (Å²) < 4.78 is 38.4. The SMILES string of the molecule is COC(=O)c1ccc(C)c(-n2c(SC)nc(OCc3ccc(F)cc3F)cc2=O)c1. The van der Waals surface area contributed by atoms with Gasteiger partial charge < -0.3 is 9.47 Å². The number of aryl methyl sites for hydroxylation is 1. The number of benzene rings is 2. The van der Waals surface area contributed by atoms with Crippen molar-refractivity contribution in [2.24, 2.45) is 0 Å². The lowest BCUT2D eigenvalue weighted by atomic mass is 10.1. The number of nitrogens with zero attached hydrogens (tertiary/aromatic N) is 2. The quantitative estimate of drug-likeness (QED) is 0.334. The molecule has 0 N–H and O–H groups in total. The Kier molecular flexibility index (Phi) is 6.51. The average Bonchev–Trinajstić information content (AvgIpc) is 2.72. The second-order valence-electron chi connectivity index (χ2n) is 6.27. The Balaban J connectivity index is 1.97. The molecule has 0 aliphatic carbocycles. The molecule has 30 heavy (non-hydrogen) atoms. The van der Waals surface area contributed by atoms with Crippen molar-refractivity contribution in [3.63, 3.8) is 0 Å². The average molecular weight is 432 g/mol. The summed E-state index contributed by atoms with van der Waals surface area (Å²) in [6.07, 6.45) is 1.74. The van der Waals surface area contributed by atoms with Gasteiger partial charge in [0.25, 0.3) is 5.56 Å². The van der Waals surface area contributed by atoms with E-state index in [9.17, 15) is 18.4 Å². The molecule has 0 radical (unpaired) electrons. The van der Waals surface area contributed by atoms with E-state index < -0.39 is 23.2 Å². The van der Waals surface area contributed by atoms with Gasteiger partial charge in [-0.1, -0.05) is 17.8 Å². The first-order valence-corrected chi connectivity index (χ1v) is 10.0. The maximum Gasteiger partial charge on any atom is 0.337 e. The Labute approximate surface area is 175 Å². The van der Waals surface area contributed by atoms with Crippen LogP contribution in [0.2, 0.25) is 0 Å². The van der Waals surface area contributed by atoms with Crippen molar-refractivity contribution in [2.45, 2.75) is 18.7 Å². The van der Waals surface area contributed by atoms with Gasteiger partial charge in [-0.2, -0.15) is 4.98 Å². The van der Waals surface area contributed by atoms with Gasteiger partial charge in [-0.15, -0.1) is 0 Å². The fourth-order valence-electron chi connectivity index (χ4n) is 2.76. The van der Waals surface area contributed by atoms with Crippen molar-refractivity contribution in [3.05, 3.63) is 81.1 Å². The van der Waals surface area contributed by atoms with Crippen molar-refractivity contribution in [1.82, 2.24) is 9.55 Å². The number of methoxy groups -OCH3 is 1. The van der Waals surface area contributed by atoms with Crippen molar-refractivity contribution in [1.29, 1.82) is 0 Å². The highest BCUT2D eigenvalue weighted by atomic mass is 32.2. The number of ether oxygens (including phenoxy) is 2. The van der Waals surface area contributed by atoms with Gasteiger partial charge in [-0.05, 0) is 43.0 Å². The molecular weight excluding hydrogens is 414 g/mol. The minimum absolute atomic E-state index is 0.00565. The Hall–Kier alpha value is -3.20. The van der Waals surface area contributed by atoms with Crippen LogP contribution in [0.15, 0.2) is 52.4 Å². The molecular formula is C21H18F2N2O4S. The number of esters is 1. The zero-order chi connectivity index (χ0) is 21.8. The summed E-state index contributed by atoms with van der Waals surface area (Å²) in [4.78, 5) is 29.0. The third-order valence-corrected chi connectivity index (χ3v) is 4.95. The second kappa shape index (κ2) is 9.08. The predicted octanol–water partition coefficient (Wildman–Crippen LogP) is 3.91. The van der Waals surface area contributed by atoms with E-state index in [2.05, 4.69) is 4.98 Å². The van der Waals surface area contributed by atoms with Crippen LogP contribution in [-0.2, 0) is 11.3 Å². The van der Waals surface area contributed by atoms with E-state index in [4.69, 9.17) is 9.47 Å². The predicted molar refractivity (Wildman–Crippen MR) is 108 cm³/mol. The largest absolute Gasteiger partial charge is 0.472 e. The molecule has 0 aliphatic heterocycles. The summed E-state index contributed by atoms with van der Waals surface area (Å²) in [5.74, 6) is -1.95. The molecule has 2 aromatic carbocycles. The fourth-order valence-corrected chi connectivity index (χ4v) is 3.31. The summed E-state index contributed by atoms with van der Waals surface area (Å²) in [6, 6.07) is 9.19. The maximum absolute atomic E-state index is 13.8. The van der Waals surface area contributed by atoms with Crippen LogP contribution in [0.4, 0.5) is 8.78 Å². The lowest BCUT2D eigenvalue weighted by Gasteiger charge is -2.15. The van der Waals surface area contributed by atoms with Crippen LogP contribution >= 0.6 is 11.8 Å². The van der Waals surface area contributed by atoms with Crippen LogP contribution in [0.1, 0.15) is 21.5 Å². The van der Waals surface area contributed by atoms with Gasteiger partial charge in [0.05, 0.1) is 24.4 Å². The molecule has 1 heterocycles. The van der Waals surface area contributed by atoms with Gasteiger partial charge >= 0.3 is 5.97 Å². The lowest BCUT2D eigenvalue weighted by molar-refractivity contribution is 0.0600. The molecule has 0 fully saturated rings. The van der Waals surface area contributed by atoms with Crippen LogP contribution in [0.5, 0.6) is 5.88 Å². The number of halogens is 2. The summed E-state index contributed by atoms with van der Waals surface area (Å²) in [7, 11) is 1.28. The monoisotopic (exact) mass is 432 g/mol. The highest BCUT2D eigenvalue weighted by Gasteiger charge is 2.16. The van der Waals surface area contributed by atoms with E-state index in [-0.39, 0.29) is 18.1 Å². The summed E-state index contributed by atoms with van der Waals surface area (Å²) in [5, 5.41) is 0.321. The number of carbonyl (C=O) groups is 1. The minimum Gasteiger partial charge on any atom is -0.472 e. The molecule has 0 amide bonds. The molecule has 0 saturated heterocycles. The zero-order valence-electron chi connectivity index (χ0n) is 16.4. The van der Waals surface area contributed by atoms with Gasteiger partial charge in [0.2, 0.25) is 5.88 Å². The molecule has 9 heteroatoms. The third kappa shape index (κ3) is 4.51. The Morgan fingerprint density at radius 3 is 2.60 bits per heavy atom. The standard InChI is InChI=1S/C21H18F2N2O4S/c1-12-4-5-13(20(27)28-2)8-17(12)25-19(26)10-18(24-21(25)30-3)29-11-14-6-7-15(22)9-16(14)23/h4-10H,11H2,1-3H3. The summed E-state index contributed by atoms with van der Waals surface area (Å²) >= 11 is 1.21. The van der Waals surface area contributed by atoms with E-state index >= 15 is 0 Å². The summed E-state index contributed by atoms with van der Waals surface area (Å²) in [5.41, 5.74) is 1.23. The number of hydrogen-bond acceptors (Lipinski definition) is 6. The normalized spacial score (nSPS) is 10.7. The molecule has 0 saturated carbocycles. The van der Waals surface area contributed by atoms with Gasteiger partial charge in [0, 0.05) is 11.6 Å². The van der Waals surface area contributed by atoms with Crippen LogP contribution in [0.3, 0.4) is 0 Å². The van der Waals surface area contributed by atoms with Crippen molar-refractivity contribution >= 4 is 17.7 Å². The molecule has 1 aromatic heterocycles. The second-order valence-corrected chi connectivity index (χ2v) is 7.05. The first-order valence-electron chi connectivity index (χ1n) is 8.78. The Morgan fingerprint density at radius 2 is 1.93 bits per heavy atom. The maximum atomic E-state index is 13.8. The van der Waals surface area contributed by atoms with E-state index in [1.165, 1.54) is 35.6 Å². The minimum atomic E-state index is -0.747. The van der Waals surface area contributed by atoms with Gasteiger partial charge in [0.1, 0.15) is 18.2 Å². The van der Waals surface area contributed by atoms with Crippen LogP contribution < -0.4 is 10.3 Å². The molecule has 0 bridgehead atoms. The number of thioether (sulfide) groups is 1. The topological polar surface area (TPSA) is 70.4 Å². The Morgan fingerprint density at radius 1 is 1.17 bits per heavy atom. The number of carbonyl (C=O) groups excluding carboxylic acids is 1. The van der Waals surface area contributed by atoms with Crippen molar-refractivity contribution in [3.8, 4) is 11.6 Å². The molecule has 0 atom stereocenters. The molecule has 3 aromatic rings. The zero-order valence-corrected chi connectivity index (χ0v) is 17.3. The van der Waals surface area contributed by atoms with Crippen LogP contribution in [0.25, 0.3) is 5.69 Å². The van der Waals surface area contributed by atoms with Crippen LogP contribution in [-0.4, -0.2) is 28.9 Å². The van der Waals surface area contributed by atoms with E-state index in [1.807, 2.05) is 0 Å².